The van der Waals surface area contributed by atoms with E-state index in [1.165, 1.54) is 7.11 Å². The van der Waals surface area contributed by atoms with Crippen LogP contribution in [0.4, 0.5) is 0 Å². The number of hydrogen-bond acceptors (Lipinski definition) is 2. The van der Waals surface area contributed by atoms with Gasteiger partial charge in [-0.3, -0.25) is 4.79 Å². The van der Waals surface area contributed by atoms with Crippen LogP contribution < -0.4 is 0 Å². The highest BCUT2D eigenvalue weighted by Crippen LogP contribution is 1.99. The monoisotopic (exact) mass is 360 g/mol. The van der Waals surface area contributed by atoms with Gasteiger partial charge in [0.1, 0.15) is 0 Å². The third-order valence-corrected chi connectivity index (χ3v) is 2.77. The lowest BCUT2D eigenvalue weighted by molar-refractivity contribution is -0.140. The van der Waals surface area contributed by atoms with Crippen molar-refractivity contribution in [2.24, 2.45) is 0 Å². The van der Waals surface area contributed by atoms with Crippen molar-refractivity contribution in [3.8, 4) is 35.5 Å². The average Bonchev–Trinajstić information content (AvgIpc) is 2.54. The second kappa shape index (κ2) is 17.2. The average molecular weight is 361 g/mol. The molecule has 0 aliphatic rings. The molecule has 0 saturated heterocycles. The molecule has 2 nitrogen and oxygen atoms in total. The van der Waals surface area contributed by atoms with E-state index in [-0.39, 0.29) is 5.97 Å². The van der Waals surface area contributed by atoms with Gasteiger partial charge in [-0.15, -0.1) is 0 Å². The van der Waals surface area contributed by atoms with E-state index in [9.17, 15) is 4.79 Å². The van der Waals surface area contributed by atoms with Gasteiger partial charge in [-0.1, -0.05) is 45.7 Å². The first-order valence-electron chi connectivity index (χ1n) is 7.25. The summed E-state index contributed by atoms with van der Waals surface area (Å²) in [6.07, 6.45) is 11.6. The fourth-order valence-electron chi connectivity index (χ4n) is 1.39. The van der Waals surface area contributed by atoms with Crippen LogP contribution in [0.1, 0.15) is 44.9 Å². The number of carbonyl (C=O) groups is 1. The number of unbranched alkanes of at least 4 members (excludes halogenated alkanes) is 4. The highest BCUT2D eigenvalue weighted by molar-refractivity contribution is 9.11. The molecule has 0 amide bonds. The molecule has 116 valence electrons. The minimum absolute atomic E-state index is 0.193. The second-order valence-electron chi connectivity index (χ2n) is 4.26. The number of esters is 1. The molecule has 0 aromatic heterocycles. The Bertz CT molecular complexity index is 539. The van der Waals surface area contributed by atoms with Crippen molar-refractivity contribution in [1.82, 2.24) is 0 Å². The first kappa shape index (κ1) is 20.1. The Labute approximate surface area is 142 Å². The van der Waals surface area contributed by atoms with E-state index in [0.717, 1.165) is 25.7 Å². The fourth-order valence-corrected chi connectivity index (χ4v) is 1.52. The van der Waals surface area contributed by atoms with Crippen LogP contribution in [-0.4, -0.2) is 13.1 Å². The topological polar surface area (TPSA) is 26.3 Å². The smallest absolute Gasteiger partial charge is 0.305 e. The summed E-state index contributed by atoms with van der Waals surface area (Å²) in [6.45, 7) is 0. The Morgan fingerprint density at radius 3 is 2.64 bits per heavy atom. The number of carbonyl (C=O) groups excluding carboxylic acids is 1. The molecular formula is C19H21BrO2. The van der Waals surface area contributed by atoms with Gasteiger partial charge in [0.15, 0.2) is 0 Å². The van der Waals surface area contributed by atoms with E-state index in [1.807, 2.05) is 6.08 Å². The molecule has 0 radical (unpaired) electrons. The van der Waals surface area contributed by atoms with Gasteiger partial charge in [0.2, 0.25) is 0 Å². The summed E-state index contributed by atoms with van der Waals surface area (Å²) in [7, 11) is 1.39. The molecule has 0 aromatic carbocycles. The SMILES string of the molecule is COC(=O)CCCC#CC#C/C=C/CCCCC#C/C=C/Br. The van der Waals surface area contributed by atoms with Crippen LogP contribution in [-0.2, 0) is 9.53 Å². The Kier molecular flexibility index (Phi) is 15.7. The van der Waals surface area contributed by atoms with Crippen LogP contribution in [0.2, 0.25) is 0 Å². The van der Waals surface area contributed by atoms with Gasteiger partial charge in [-0.25, -0.2) is 0 Å². The lowest BCUT2D eigenvalue weighted by Crippen LogP contribution is -1.98. The normalized spacial score (nSPS) is 9.36. The number of rotatable bonds is 7. The fraction of sp³-hybridized carbons (Fsp3) is 0.421. The van der Waals surface area contributed by atoms with Gasteiger partial charge in [-0.05, 0) is 54.7 Å². The Balaban J connectivity index is 3.59. The summed E-state index contributed by atoms with van der Waals surface area (Å²) in [6, 6.07) is 0. The van der Waals surface area contributed by atoms with Crippen LogP contribution in [0.15, 0.2) is 23.2 Å². The van der Waals surface area contributed by atoms with E-state index in [1.54, 1.807) is 11.1 Å². The van der Waals surface area contributed by atoms with Crippen LogP contribution in [0.25, 0.3) is 0 Å². The largest absolute Gasteiger partial charge is 0.469 e. The standard InChI is InChI=1S/C19H21BrO2/c1-22-19(21)17-15-13-11-9-7-5-3-2-4-6-8-10-12-14-16-18-20/h2-3,16,18H,4,6,8,10,13,15,17H2,1H3/b3-2+,18-16+. The maximum Gasteiger partial charge on any atom is 0.305 e. The molecule has 0 saturated carbocycles. The van der Waals surface area contributed by atoms with Gasteiger partial charge in [0.25, 0.3) is 0 Å². The van der Waals surface area contributed by atoms with Crippen LogP contribution in [0.3, 0.4) is 0 Å². The van der Waals surface area contributed by atoms with E-state index >= 15 is 0 Å². The zero-order valence-corrected chi connectivity index (χ0v) is 14.5. The number of methoxy groups -OCH3 is 1. The first-order valence-corrected chi connectivity index (χ1v) is 8.16. The molecule has 0 aliphatic heterocycles. The number of hydrogen-bond donors (Lipinski definition) is 0. The van der Waals surface area contributed by atoms with Crippen LogP contribution in [0.5, 0.6) is 0 Å². The first-order chi connectivity index (χ1) is 10.8. The minimum Gasteiger partial charge on any atom is -0.469 e. The summed E-state index contributed by atoms with van der Waals surface area (Å²) in [4.78, 5) is 12.6. The van der Waals surface area contributed by atoms with Crippen molar-refractivity contribution >= 4 is 21.9 Å². The Morgan fingerprint density at radius 1 is 1.05 bits per heavy atom. The summed E-state index contributed by atoms with van der Waals surface area (Å²) in [5, 5.41) is 0. The van der Waals surface area contributed by atoms with Crippen molar-refractivity contribution in [3.63, 3.8) is 0 Å². The molecule has 0 atom stereocenters. The van der Waals surface area contributed by atoms with Crippen molar-refractivity contribution in [2.75, 3.05) is 7.11 Å². The number of allylic oxidation sites excluding steroid dienone is 3. The second-order valence-corrected chi connectivity index (χ2v) is 4.79. The Hall–Kier alpha value is -1.89. The highest BCUT2D eigenvalue weighted by Gasteiger charge is 1.96. The van der Waals surface area contributed by atoms with E-state index in [0.29, 0.717) is 19.3 Å². The van der Waals surface area contributed by atoms with Gasteiger partial charge >= 0.3 is 5.97 Å². The quantitative estimate of drug-likeness (QED) is 0.383. The van der Waals surface area contributed by atoms with Gasteiger partial charge in [0.05, 0.1) is 7.11 Å². The number of halogens is 1. The zero-order chi connectivity index (χ0) is 16.3. The van der Waals surface area contributed by atoms with Gasteiger partial charge in [0, 0.05) is 19.3 Å². The lowest BCUT2D eigenvalue weighted by atomic mass is 10.2. The van der Waals surface area contributed by atoms with Gasteiger partial charge < -0.3 is 4.74 Å². The van der Waals surface area contributed by atoms with Crippen LogP contribution >= 0.6 is 15.9 Å². The zero-order valence-electron chi connectivity index (χ0n) is 13.0. The van der Waals surface area contributed by atoms with Crippen molar-refractivity contribution < 1.29 is 9.53 Å². The molecule has 3 heteroatoms. The predicted octanol–water partition coefficient (Wildman–Crippen LogP) is 4.37. The molecule has 0 aromatic rings. The van der Waals surface area contributed by atoms with Crippen molar-refractivity contribution in [1.29, 1.82) is 0 Å². The minimum atomic E-state index is -0.193. The molecule has 0 spiro atoms. The van der Waals surface area contributed by atoms with E-state index in [2.05, 4.69) is 62.3 Å². The summed E-state index contributed by atoms with van der Waals surface area (Å²) >= 11 is 3.17. The molecular weight excluding hydrogens is 340 g/mol. The van der Waals surface area contributed by atoms with E-state index < -0.39 is 0 Å². The predicted molar refractivity (Wildman–Crippen MR) is 94.9 cm³/mol. The number of ether oxygens (including phenoxy) is 1. The highest BCUT2D eigenvalue weighted by atomic mass is 79.9. The molecule has 0 fully saturated rings. The molecule has 0 unspecified atom stereocenters. The van der Waals surface area contributed by atoms with Gasteiger partial charge in [-0.2, -0.15) is 0 Å². The third-order valence-electron chi connectivity index (χ3n) is 2.51. The maximum absolute atomic E-state index is 10.8. The third kappa shape index (κ3) is 16.2. The summed E-state index contributed by atoms with van der Waals surface area (Å²) in [5.41, 5.74) is 0. The summed E-state index contributed by atoms with van der Waals surface area (Å²) < 4.78 is 4.54. The molecule has 0 aliphatic carbocycles. The van der Waals surface area contributed by atoms with Crippen molar-refractivity contribution in [2.45, 2.75) is 44.9 Å². The maximum atomic E-state index is 10.8. The molecule has 0 rings (SSSR count). The molecule has 0 heterocycles. The summed E-state index contributed by atoms with van der Waals surface area (Å²) in [5.74, 6) is 17.1. The molecule has 0 N–H and O–H groups in total. The molecule has 0 bridgehead atoms. The van der Waals surface area contributed by atoms with Crippen molar-refractivity contribution in [3.05, 3.63) is 23.2 Å². The van der Waals surface area contributed by atoms with Crippen LogP contribution in [0, 0.1) is 35.5 Å². The molecule has 22 heavy (non-hydrogen) atoms. The Morgan fingerprint density at radius 2 is 1.86 bits per heavy atom. The van der Waals surface area contributed by atoms with E-state index in [4.69, 9.17) is 0 Å². The lowest BCUT2D eigenvalue weighted by Gasteiger charge is -1.93.